The molecule has 0 fully saturated rings. The van der Waals surface area contributed by atoms with Crippen LogP contribution >= 0.6 is 11.3 Å². The largest absolute Gasteiger partial charge is 0.456 e. The van der Waals surface area contributed by atoms with E-state index in [0.717, 1.165) is 68.6 Å². The number of fused-ring (bicyclic) bond motifs is 9. The Morgan fingerprint density at radius 3 is 1.84 bits per heavy atom. The molecule has 0 spiro atoms. The van der Waals surface area contributed by atoms with Gasteiger partial charge in [0.25, 0.3) is 0 Å². The van der Waals surface area contributed by atoms with Gasteiger partial charge in [-0.05, 0) is 65.7 Å². The molecule has 0 atom stereocenters. The van der Waals surface area contributed by atoms with Crippen molar-refractivity contribution in [3.63, 3.8) is 0 Å². The van der Waals surface area contributed by atoms with E-state index in [-0.39, 0.29) is 0 Å². The summed E-state index contributed by atoms with van der Waals surface area (Å²) in [4.78, 5) is 0. The van der Waals surface area contributed by atoms with Gasteiger partial charge in [-0.25, -0.2) is 0 Å². The van der Waals surface area contributed by atoms with E-state index in [2.05, 4.69) is 115 Å². The molecule has 2 aliphatic heterocycles. The fraction of sp³-hybridized carbons (Fsp3) is 0.0244. The quantitative estimate of drug-likeness (QED) is 0.215. The Morgan fingerprint density at radius 1 is 0.511 bits per heavy atom. The second-order valence-corrected chi connectivity index (χ2v) is 12.4. The van der Waals surface area contributed by atoms with Crippen LogP contribution in [0.4, 0.5) is 0 Å². The van der Waals surface area contributed by atoms with E-state index in [0.29, 0.717) is 0 Å². The first-order chi connectivity index (χ1) is 22.3. The van der Waals surface area contributed by atoms with Crippen molar-refractivity contribution < 1.29 is 9.47 Å². The summed E-state index contributed by atoms with van der Waals surface area (Å²) < 4.78 is 16.4. The molecule has 3 nitrogen and oxygen atoms in total. The minimum atomic E-state index is 0.778. The molecule has 0 aliphatic carbocycles. The monoisotopic (exact) mass is 597 g/mol. The molecule has 0 saturated heterocycles. The Bertz CT molecular complexity index is 2340. The second-order valence-electron chi connectivity index (χ2n) is 11.3. The van der Waals surface area contributed by atoms with Gasteiger partial charge < -0.3 is 14.8 Å². The number of thiophene rings is 1. The lowest BCUT2D eigenvalue weighted by Gasteiger charge is -2.23. The van der Waals surface area contributed by atoms with E-state index in [4.69, 9.17) is 9.47 Å². The van der Waals surface area contributed by atoms with Gasteiger partial charge in [0.05, 0.1) is 0 Å². The molecular formula is C41H27NO2S. The minimum Gasteiger partial charge on any atom is -0.456 e. The Kier molecular flexibility index (Phi) is 6.06. The molecule has 1 N–H and O–H groups in total. The van der Waals surface area contributed by atoms with Crippen LogP contribution in [0.5, 0.6) is 23.0 Å². The molecule has 9 rings (SSSR count). The van der Waals surface area contributed by atoms with Crippen LogP contribution in [0.2, 0.25) is 0 Å². The zero-order valence-corrected chi connectivity index (χ0v) is 25.1. The van der Waals surface area contributed by atoms with Crippen molar-refractivity contribution in [2.75, 3.05) is 6.54 Å². The zero-order chi connectivity index (χ0) is 29.7. The van der Waals surface area contributed by atoms with Crippen LogP contribution < -0.4 is 14.8 Å². The average Bonchev–Trinajstić information content (AvgIpc) is 3.48. The van der Waals surface area contributed by atoms with Crippen LogP contribution in [0.25, 0.3) is 59.3 Å². The molecule has 0 amide bonds. The topological polar surface area (TPSA) is 30.5 Å². The van der Waals surface area contributed by atoms with Crippen LogP contribution in [0.3, 0.4) is 0 Å². The van der Waals surface area contributed by atoms with Crippen molar-refractivity contribution in [1.29, 1.82) is 0 Å². The van der Waals surface area contributed by atoms with Crippen molar-refractivity contribution >= 4 is 37.2 Å². The predicted octanol–water partition coefficient (Wildman–Crippen LogP) is 11.5. The lowest BCUT2D eigenvalue weighted by atomic mass is 9.94. The third-order valence-electron chi connectivity index (χ3n) is 8.59. The molecule has 214 valence electrons. The van der Waals surface area contributed by atoms with Crippen molar-refractivity contribution in [2.24, 2.45) is 0 Å². The molecule has 45 heavy (non-hydrogen) atoms. The van der Waals surface area contributed by atoms with Gasteiger partial charge in [0.15, 0.2) is 0 Å². The molecule has 0 bridgehead atoms. The number of hydrogen-bond acceptors (Lipinski definition) is 4. The highest BCUT2D eigenvalue weighted by atomic mass is 32.1. The normalized spacial score (nSPS) is 13.4. The average molecular weight is 598 g/mol. The van der Waals surface area contributed by atoms with Crippen LogP contribution in [-0.4, -0.2) is 6.54 Å². The van der Waals surface area contributed by atoms with Crippen LogP contribution in [0, 0.1) is 0 Å². The lowest BCUT2D eigenvalue weighted by Crippen LogP contribution is -2.14. The van der Waals surface area contributed by atoms with Crippen LogP contribution in [0.1, 0.15) is 5.56 Å². The van der Waals surface area contributed by atoms with E-state index in [1.165, 1.54) is 25.7 Å². The van der Waals surface area contributed by atoms with E-state index in [1.54, 1.807) is 0 Å². The maximum absolute atomic E-state index is 6.94. The van der Waals surface area contributed by atoms with Crippen molar-refractivity contribution in [3.8, 4) is 56.4 Å². The summed E-state index contributed by atoms with van der Waals surface area (Å²) in [7, 11) is 0. The van der Waals surface area contributed by atoms with E-state index in [1.807, 2.05) is 47.7 Å². The molecule has 6 aromatic carbocycles. The first kappa shape index (κ1) is 25.9. The number of para-hydroxylation sites is 2. The smallest absolute Gasteiger partial charge is 0.136 e. The number of hydrogen-bond donors (Lipinski definition) is 1. The molecule has 0 unspecified atom stereocenters. The molecule has 1 aromatic heterocycles. The van der Waals surface area contributed by atoms with Crippen molar-refractivity contribution in [3.05, 3.63) is 151 Å². The Labute approximate surface area is 265 Å². The lowest BCUT2D eigenvalue weighted by molar-refractivity contribution is 0.472. The highest BCUT2D eigenvalue weighted by Crippen LogP contribution is 2.49. The fourth-order valence-electron chi connectivity index (χ4n) is 6.46. The van der Waals surface area contributed by atoms with Crippen LogP contribution in [0.15, 0.2) is 146 Å². The molecular weight excluding hydrogens is 571 g/mol. The summed E-state index contributed by atoms with van der Waals surface area (Å²) in [6.07, 6.45) is 6.31. The summed E-state index contributed by atoms with van der Waals surface area (Å²) in [6, 6.07) is 44.7. The highest BCUT2D eigenvalue weighted by molar-refractivity contribution is 7.25. The van der Waals surface area contributed by atoms with E-state index in [9.17, 15) is 0 Å². The van der Waals surface area contributed by atoms with Gasteiger partial charge in [0.2, 0.25) is 0 Å². The van der Waals surface area contributed by atoms with E-state index >= 15 is 0 Å². The highest BCUT2D eigenvalue weighted by Gasteiger charge is 2.22. The fourth-order valence-corrected chi connectivity index (χ4v) is 7.59. The first-order valence-electron chi connectivity index (χ1n) is 15.1. The van der Waals surface area contributed by atoms with Gasteiger partial charge in [-0.1, -0.05) is 91.0 Å². The number of ether oxygens (including phenoxy) is 2. The number of nitrogens with one attached hydrogen (secondary N) is 1. The standard InChI is InChI=1S/C41H27NO2S/c1-4-15-35-29(10-1)30-11-2-5-16-36(30)44-38-25-27(34-14-7-8-23-42-34)20-22-32(38)31-21-19-26(24-37(31)43-35)28-13-9-18-40-41(28)33-12-3-6-17-39(33)45-40/h1-22,24-25,42H,23H2. The van der Waals surface area contributed by atoms with Gasteiger partial charge in [0, 0.05) is 60.2 Å². The maximum Gasteiger partial charge on any atom is 0.136 e. The Balaban J connectivity index is 1.29. The van der Waals surface area contributed by atoms with E-state index < -0.39 is 0 Å². The number of rotatable bonds is 2. The van der Waals surface area contributed by atoms with Crippen molar-refractivity contribution in [1.82, 2.24) is 5.32 Å². The summed E-state index contributed by atoms with van der Waals surface area (Å²) in [5, 5.41) is 6.05. The predicted molar refractivity (Wildman–Crippen MR) is 187 cm³/mol. The number of benzene rings is 6. The SMILES string of the molecule is C1=CCNC(c2ccc3c(c2)Oc2ccccc2-c2ccccc2Oc2cc(-c4cccc5sc6ccccc6c45)ccc2-3)=C1. The number of dihydropyridines is 1. The molecule has 2 aliphatic rings. The summed E-state index contributed by atoms with van der Waals surface area (Å²) in [5.41, 5.74) is 8.37. The summed E-state index contributed by atoms with van der Waals surface area (Å²) >= 11 is 1.84. The van der Waals surface area contributed by atoms with Gasteiger partial charge in [-0.2, -0.15) is 0 Å². The zero-order valence-electron chi connectivity index (χ0n) is 24.3. The maximum atomic E-state index is 6.94. The van der Waals surface area contributed by atoms with Gasteiger partial charge in [-0.15, -0.1) is 11.3 Å². The molecule has 0 saturated carbocycles. The molecule has 7 aromatic rings. The van der Waals surface area contributed by atoms with Gasteiger partial charge >= 0.3 is 0 Å². The third kappa shape index (κ3) is 4.42. The molecule has 0 radical (unpaired) electrons. The van der Waals surface area contributed by atoms with Gasteiger partial charge in [0.1, 0.15) is 23.0 Å². The number of allylic oxidation sites excluding steroid dienone is 2. The molecule has 3 heterocycles. The van der Waals surface area contributed by atoms with Crippen molar-refractivity contribution in [2.45, 2.75) is 0 Å². The van der Waals surface area contributed by atoms with Gasteiger partial charge in [-0.3, -0.25) is 0 Å². The summed E-state index contributed by atoms with van der Waals surface area (Å²) in [5.74, 6) is 3.13. The first-order valence-corrected chi connectivity index (χ1v) is 16.0. The summed E-state index contributed by atoms with van der Waals surface area (Å²) in [6.45, 7) is 0.801. The van der Waals surface area contributed by atoms with Crippen LogP contribution in [-0.2, 0) is 0 Å². The minimum absolute atomic E-state index is 0.778. The Hall–Kier alpha value is -5.58. The second kappa shape index (κ2) is 10.5. The third-order valence-corrected chi connectivity index (χ3v) is 9.73. The Morgan fingerprint density at radius 2 is 1.11 bits per heavy atom. The molecule has 4 heteroatoms.